The molecule has 1 fully saturated rings. The normalized spacial score (nSPS) is 19.1. The van der Waals surface area contributed by atoms with Crippen LogP contribution in [0.5, 0.6) is 0 Å². The average molecular weight is 262 g/mol. The van der Waals surface area contributed by atoms with E-state index >= 15 is 0 Å². The number of esters is 1. The summed E-state index contributed by atoms with van der Waals surface area (Å²) < 4.78 is 5.51. The number of carbonyl (C=O) groups excluding carboxylic acids is 1. The fraction of sp³-hybridized carbons (Fsp3) is 0.600. The van der Waals surface area contributed by atoms with Crippen molar-refractivity contribution in [2.75, 3.05) is 0 Å². The van der Waals surface area contributed by atoms with Crippen LogP contribution in [0.3, 0.4) is 0 Å². The van der Waals surface area contributed by atoms with Crippen LogP contribution in [0.2, 0.25) is 0 Å². The van der Waals surface area contributed by atoms with Crippen molar-refractivity contribution in [3.8, 4) is 0 Å². The summed E-state index contributed by atoms with van der Waals surface area (Å²) in [5.74, 6) is -0.326. The lowest BCUT2D eigenvalue weighted by molar-refractivity contribution is 0.00891. The molecule has 1 saturated carbocycles. The van der Waals surface area contributed by atoms with E-state index in [0.29, 0.717) is 17.7 Å². The highest BCUT2D eigenvalue weighted by Crippen LogP contribution is 2.36. The van der Waals surface area contributed by atoms with Gasteiger partial charge in [0.25, 0.3) is 0 Å². The van der Waals surface area contributed by atoms with Crippen molar-refractivity contribution in [1.29, 1.82) is 0 Å². The van der Waals surface area contributed by atoms with Crippen LogP contribution < -0.4 is 5.73 Å². The number of pyridine rings is 1. The van der Waals surface area contributed by atoms with Gasteiger partial charge in [-0.15, -0.1) is 0 Å². The molecule has 0 aromatic carbocycles. The molecule has 4 nitrogen and oxygen atoms in total. The van der Waals surface area contributed by atoms with E-state index in [1.807, 2.05) is 6.07 Å². The fourth-order valence-corrected chi connectivity index (χ4v) is 2.37. The first-order valence-corrected chi connectivity index (χ1v) is 6.86. The molecule has 0 spiro atoms. The number of aromatic nitrogens is 1. The third kappa shape index (κ3) is 3.77. The SMILES string of the molecule is CC1(C)CCC(OC(=O)c2ccc(CN)cn2)CC1. The van der Waals surface area contributed by atoms with Gasteiger partial charge in [0.05, 0.1) is 0 Å². The van der Waals surface area contributed by atoms with Gasteiger partial charge >= 0.3 is 5.97 Å². The summed E-state index contributed by atoms with van der Waals surface area (Å²) in [6.07, 6.45) is 5.76. The third-order valence-corrected chi connectivity index (χ3v) is 3.83. The zero-order valence-electron chi connectivity index (χ0n) is 11.7. The van der Waals surface area contributed by atoms with E-state index in [9.17, 15) is 4.79 Å². The van der Waals surface area contributed by atoms with Crippen molar-refractivity contribution in [1.82, 2.24) is 4.98 Å². The van der Waals surface area contributed by atoms with Crippen LogP contribution in [0.4, 0.5) is 0 Å². The topological polar surface area (TPSA) is 65.2 Å². The fourth-order valence-electron chi connectivity index (χ4n) is 2.37. The molecular weight excluding hydrogens is 240 g/mol. The minimum absolute atomic E-state index is 0.0384. The summed E-state index contributed by atoms with van der Waals surface area (Å²) in [7, 11) is 0. The molecule has 4 heteroatoms. The molecule has 1 aromatic rings. The Morgan fingerprint density at radius 3 is 2.63 bits per heavy atom. The number of nitrogens with zero attached hydrogens (tertiary/aromatic N) is 1. The summed E-state index contributed by atoms with van der Waals surface area (Å²) in [5, 5.41) is 0. The minimum atomic E-state index is -0.326. The van der Waals surface area contributed by atoms with Crippen molar-refractivity contribution < 1.29 is 9.53 Å². The van der Waals surface area contributed by atoms with Gasteiger partial charge in [0.2, 0.25) is 0 Å². The second-order valence-electron chi connectivity index (χ2n) is 6.02. The molecule has 0 amide bonds. The Morgan fingerprint density at radius 1 is 1.42 bits per heavy atom. The summed E-state index contributed by atoms with van der Waals surface area (Å²) in [4.78, 5) is 16.0. The minimum Gasteiger partial charge on any atom is -0.458 e. The Hall–Kier alpha value is -1.42. The summed E-state index contributed by atoms with van der Waals surface area (Å²) in [6, 6.07) is 3.49. The first kappa shape index (κ1) is 14.0. The zero-order chi connectivity index (χ0) is 13.9. The second-order valence-corrected chi connectivity index (χ2v) is 6.02. The van der Waals surface area contributed by atoms with E-state index in [0.717, 1.165) is 31.2 Å². The number of hydrogen-bond acceptors (Lipinski definition) is 4. The van der Waals surface area contributed by atoms with Crippen LogP contribution in [0.25, 0.3) is 0 Å². The molecule has 104 valence electrons. The molecule has 0 aliphatic heterocycles. The van der Waals surface area contributed by atoms with Gasteiger partial charge in [-0.1, -0.05) is 19.9 Å². The number of nitrogens with two attached hydrogens (primary N) is 1. The third-order valence-electron chi connectivity index (χ3n) is 3.83. The summed E-state index contributed by atoms with van der Waals surface area (Å²) in [6.45, 7) is 4.95. The van der Waals surface area contributed by atoms with Gasteiger partial charge in [-0.3, -0.25) is 0 Å². The van der Waals surface area contributed by atoms with Gasteiger partial charge in [-0.2, -0.15) is 0 Å². The quantitative estimate of drug-likeness (QED) is 0.850. The van der Waals surface area contributed by atoms with Gasteiger partial charge in [0.15, 0.2) is 0 Å². The Labute approximate surface area is 114 Å². The van der Waals surface area contributed by atoms with E-state index in [1.165, 1.54) is 0 Å². The maximum absolute atomic E-state index is 12.0. The number of hydrogen-bond donors (Lipinski definition) is 1. The molecule has 2 N–H and O–H groups in total. The van der Waals surface area contributed by atoms with Crippen LogP contribution in [0.1, 0.15) is 55.6 Å². The molecule has 0 unspecified atom stereocenters. The maximum atomic E-state index is 12.0. The first-order valence-electron chi connectivity index (χ1n) is 6.86. The van der Waals surface area contributed by atoms with Gasteiger partial charge in [0, 0.05) is 12.7 Å². The molecule has 0 bridgehead atoms. The van der Waals surface area contributed by atoms with Gasteiger partial charge < -0.3 is 10.5 Å². The lowest BCUT2D eigenvalue weighted by Gasteiger charge is -2.33. The lowest BCUT2D eigenvalue weighted by Crippen LogP contribution is -2.28. The van der Waals surface area contributed by atoms with E-state index < -0.39 is 0 Å². The second kappa shape index (κ2) is 5.70. The highest BCUT2D eigenvalue weighted by molar-refractivity contribution is 5.87. The smallest absolute Gasteiger partial charge is 0.357 e. The highest BCUT2D eigenvalue weighted by atomic mass is 16.5. The first-order chi connectivity index (χ1) is 9.00. The van der Waals surface area contributed by atoms with E-state index in [1.54, 1.807) is 12.3 Å². The van der Waals surface area contributed by atoms with Crippen molar-refractivity contribution in [3.63, 3.8) is 0 Å². The van der Waals surface area contributed by atoms with Crippen molar-refractivity contribution >= 4 is 5.97 Å². The lowest BCUT2D eigenvalue weighted by atomic mass is 9.76. The van der Waals surface area contributed by atoms with Crippen LogP contribution >= 0.6 is 0 Å². The number of carbonyl (C=O) groups is 1. The largest absolute Gasteiger partial charge is 0.458 e. The van der Waals surface area contributed by atoms with E-state index in [-0.39, 0.29) is 12.1 Å². The van der Waals surface area contributed by atoms with Gasteiger partial charge in [-0.05, 0) is 42.7 Å². The molecular formula is C15H22N2O2. The highest BCUT2D eigenvalue weighted by Gasteiger charge is 2.29. The van der Waals surface area contributed by atoms with Crippen molar-refractivity contribution in [3.05, 3.63) is 29.6 Å². The molecule has 1 aromatic heterocycles. The van der Waals surface area contributed by atoms with Crippen LogP contribution in [-0.4, -0.2) is 17.1 Å². The number of rotatable bonds is 3. The van der Waals surface area contributed by atoms with Crippen LogP contribution in [-0.2, 0) is 11.3 Å². The Morgan fingerprint density at radius 2 is 2.11 bits per heavy atom. The van der Waals surface area contributed by atoms with Crippen LogP contribution in [0.15, 0.2) is 18.3 Å². The molecule has 1 aliphatic carbocycles. The van der Waals surface area contributed by atoms with E-state index in [2.05, 4.69) is 18.8 Å². The summed E-state index contributed by atoms with van der Waals surface area (Å²) in [5.41, 5.74) is 7.15. The number of ether oxygens (including phenoxy) is 1. The molecule has 0 saturated heterocycles. The molecule has 19 heavy (non-hydrogen) atoms. The Balaban J connectivity index is 1.90. The van der Waals surface area contributed by atoms with Crippen molar-refractivity contribution in [2.45, 2.75) is 52.2 Å². The molecule has 2 rings (SSSR count). The summed E-state index contributed by atoms with van der Waals surface area (Å²) >= 11 is 0. The molecule has 1 aliphatic rings. The van der Waals surface area contributed by atoms with Crippen LogP contribution in [0, 0.1) is 5.41 Å². The maximum Gasteiger partial charge on any atom is 0.357 e. The Kier molecular flexibility index (Phi) is 4.20. The van der Waals surface area contributed by atoms with Gasteiger partial charge in [0.1, 0.15) is 11.8 Å². The zero-order valence-corrected chi connectivity index (χ0v) is 11.7. The monoisotopic (exact) mass is 262 g/mol. The molecule has 0 radical (unpaired) electrons. The predicted molar refractivity (Wildman–Crippen MR) is 73.6 cm³/mol. The molecule has 0 atom stereocenters. The standard InChI is InChI=1S/C15H22N2O2/c1-15(2)7-5-12(6-8-15)19-14(18)13-4-3-11(9-16)10-17-13/h3-4,10,12H,5-9,16H2,1-2H3. The molecule has 1 heterocycles. The Bertz CT molecular complexity index is 430. The van der Waals surface area contributed by atoms with Gasteiger partial charge in [-0.25, -0.2) is 9.78 Å². The van der Waals surface area contributed by atoms with Crippen molar-refractivity contribution in [2.24, 2.45) is 11.1 Å². The average Bonchev–Trinajstić information content (AvgIpc) is 2.41. The predicted octanol–water partition coefficient (Wildman–Crippen LogP) is 2.67. The van der Waals surface area contributed by atoms with E-state index in [4.69, 9.17) is 10.5 Å².